The molecule has 0 aliphatic rings. The molecule has 0 aliphatic heterocycles. The van der Waals surface area contributed by atoms with Crippen LogP contribution in [0.2, 0.25) is 0 Å². The van der Waals surface area contributed by atoms with Crippen molar-refractivity contribution in [2.24, 2.45) is 0 Å². The number of sulfonamides is 1. The van der Waals surface area contributed by atoms with E-state index in [4.69, 9.17) is 0 Å². The van der Waals surface area contributed by atoms with E-state index in [1.807, 2.05) is 6.92 Å². The van der Waals surface area contributed by atoms with Crippen molar-refractivity contribution in [3.63, 3.8) is 0 Å². The van der Waals surface area contributed by atoms with Crippen LogP contribution in [0.15, 0.2) is 41.3 Å². The highest BCUT2D eigenvalue weighted by atomic mass is 32.2. The second kappa shape index (κ2) is 5.72. The Morgan fingerprint density at radius 1 is 1.09 bits per heavy atom. The molecule has 0 radical (unpaired) electrons. The van der Waals surface area contributed by atoms with Gasteiger partial charge in [0, 0.05) is 6.07 Å². The number of hydrogen-bond acceptors (Lipinski definition) is 4. The van der Waals surface area contributed by atoms with Crippen molar-refractivity contribution in [1.29, 1.82) is 0 Å². The van der Waals surface area contributed by atoms with Gasteiger partial charge >= 0.3 is 5.69 Å². The highest BCUT2D eigenvalue weighted by Gasteiger charge is 2.19. The topological polar surface area (TPSA) is 89.3 Å². The Hall–Kier alpha value is -2.48. The lowest BCUT2D eigenvalue weighted by Gasteiger charge is -2.09. The van der Waals surface area contributed by atoms with Gasteiger partial charge in [-0.15, -0.1) is 0 Å². The minimum absolute atomic E-state index is 0.0302. The molecule has 0 amide bonds. The van der Waals surface area contributed by atoms with Crippen molar-refractivity contribution in [3.8, 4) is 0 Å². The predicted octanol–water partition coefficient (Wildman–Crippen LogP) is 3.15. The zero-order valence-electron chi connectivity index (χ0n) is 11.8. The summed E-state index contributed by atoms with van der Waals surface area (Å²) in [5.41, 5.74) is 0.871. The summed E-state index contributed by atoms with van der Waals surface area (Å²) < 4.78 is 40.0. The third-order valence-electron chi connectivity index (χ3n) is 3.18. The number of nitro groups is 1. The van der Waals surface area contributed by atoms with Crippen molar-refractivity contribution in [3.05, 3.63) is 63.5 Å². The second-order valence-electron chi connectivity index (χ2n) is 4.77. The number of halogens is 1. The molecule has 0 saturated carbocycles. The van der Waals surface area contributed by atoms with Gasteiger partial charge in [0.15, 0.2) is 0 Å². The van der Waals surface area contributed by atoms with Crippen molar-refractivity contribution < 1.29 is 17.7 Å². The summed E-state index contributed by atoms with van der Waals surface area (Å²) in [6, 6.07) is 7.40. The molecule has 2 aromatic rings. The fourth-order valence-corrected chi connectivity index (χ4v) is 2.95. The average molecular weight is 324 g/mol. The smallest absolute Gasteiger partial charge is 0.279 e. The molecule has 6 nitrogen and oxygen atoms in total. The third-order valence-corrected chi connectivity index (χ3v) is 4.56. The number of nitrogens with zero attached hydrogens (tertiary/aromatic N) is 1. The van der Waals surface area contributed by atoms with Gasteiger partial charge < -0.3 is 0 Å². The van der Waals surface area contributed by atoms with E-state index in [0.29, 0.717) is 0 Å². The minimum Gasteiger partial charge on any atom is -0.279 e. The van der Waals surface area contributed by atoms with Gasteiger partial charge in [-0.25, -0.2) is 8.42 Å². The minimum atomic E-state index is -3.90. The zero-order chi connectivity index (χ0) is 16.5. The fraction of sp³-hybridized carbons (Fsp3) is 0.143. The van der Waals surface area contributed by atoms with Crippen LogP contribution >= 0.6 is 0 Å². The Morgan fingerprint density at radius 3 is 2.36 bits per heavy atom. The van der Waals surface area contributed by atoms with Gasteiger partial charge in [-0.3, -0.25) is 14.8 Å². The average Bonchev–Trinajstić information content (AvgIpc) is 2.43. The van der Waals surface area contributed by atoms with Crippen LogP contribution in [0, 0.1) is 29.8 Å². The Bertz CT molecular complexity index is 850. The number of nitrogens with one attached hydrogen (secondary N) is 1. The first kappa shape index (κ1) is 15.9. The molecule has 0 spiro atoms. The number of benzene rings is 2. The summed E-state index contributed by atoms with van der Waals surface area (Å²) in [6.45, 7) is 3.62. The number of anilines is 1. The first-order valence-electron chi connectivity index (χ1n) is 6.25. The highest BCUT2D eigenvalue weighted by Crippen LogP contribution is 2.24. The van der Waals surface area contributed by atoms with E-state index in [2.05, 4.69) is 4.72 Å². The van der Waals surface area contributed by atoms with Crippen LogP contribution in [-0.2, 0) is 10.0 Å². The Morgan fingerprint density at radius 2 is 1.77 bits per heavy atom. The molecule has 2 rings (SSSR count). The first-order valence-corrected chi connectivity index (χ1v) is 7.73. The summed E-state index contributed by atoms with van der Waals surface area (Å²) in [6.07, 6.45) is 0. The first-order chi connectivity index (χ1) is 10.2. The number of rotatable bonds is 4. The van der Waals surface area contributed by atoms with E-state index in [0.717, 1.165) is 29.3 Å². The molecule has 0 aromatic heterocycles. The highest BCUT2D eigenvalue weighted by molar-refractivity contribution is 7.92. The SMILES string of the molecule is Cc1ccc(S(=O)(=O)Nc2ccc(F)c([N+](=O)[O-])c2)cc1C. The molecular weight excluding hydrogens is 311 g/mol. The molecule has 0 heterocycles. The molecule has 0 atom stereocenters. The molecule has 0 aliphatic carbocycles. The number of nitro benzene ring substituents is 1. The molecule has 116 valence electrons. The molecule has 2 aromatic carbocycles. The lowest BCUT2D eigenvalue weighted by Crippen LogP contribution is -2.13. The summed E-state index contributed by atoms with van der Waals surface area (Å²) in [7, 11) is -3.90. The van der Waals surface area contributed by atoms with E-state index < -0.39 is 26.5 Å². The third kappa shape index (κ3) is 3.22. The van der Waals surface area contributed by atoms with Gasteiger partial charge in [-0.1, -0.05) is 6.07 Å². The maximum Gasteiger partial charge on any atom is 0.306 e. The van der Waals surface area contributed by atoms with Gasteiger partial charge in [0.2, 0.25) is 5.82 Å². The lowest BCUT2D eigenvalue weighted by molar-refractivity contribution is -0.387. The van der Waals surface area contributed by atoms with Crippen LogP contribution in [0.25, 0.3) is 0 Å². The zero-order valence-corrected chi connectivity index (χ0v) is 12.6. The van der Waals surface area contributed by atoms with Crippen molar-refractivity contribution in [2.75, 3.05) is 4.72 Å². The van der Waals surface area contributed by atoms with Crippen molar-refractivity contribution >= 4 is 21.4 Å². The van der Waals surface area contributed by atoms with E-state index >= 15 is 0 Å². The van der Waals surface area contributed by atoms with Crippen molar-refractivity contribution in [1.82, 2.24) is 0 Å². The van der Waals surface area contributed by atoms with E-state index in [9.17, 15) is 22.9 Å². The maximum absolute atomic E-state index is 13.3. The molecule has 0 unspecified atom stereocenters. The normalized spacial score (nSPS) is 11.2. The molecule has 0 bridgehead atoms. The lowest BCUT2D eigenvalue weighted by atomic mass is 10.1. The van der Waals surface area contributed by atoms with Crippen LogP contribution in [0.3, 0.4) is 0 Å². The van der Waals surface area contributed by atoms with E-state index in [1.165, 1.54) is 12.1 Å². The van der Waals surface area contributed by atoms with Gasteiger partial charge in [0.25, 0.3) is 10.0 Å². The summed E-state index contributed by atoms with van der Waals surface area (Å²) in [4.78, 5) is 9.80. The fourth-order valence-electron chi connectivity index (χ4n) is 1.81. The number of aryl methyl sites for hydroxylation is 2. The molecule has 0 saturated heterocycles. The summed E-state index contributed by atoms with van der Waals surface area (Å²) >= 11 is 0. The number of hydrogen-bond donors (Lipinski definition) is 1. The summed E-state index contributed by atoms with van der Waals surface area (Å²) in [5.74, 6) is -1.03. The maximum atomic E-state index is 13.3. The largest absolute Gasteiger partial charge is 0.306 e. The van der Waals surface area contributed by atoms with E-state index in [1.54, 1.807) is 13.0 Å². The van der Waals surface area contributed by atoms with Gasteiger partial charge in [0.1, 0.15) is 0 Å². The van der Waals surface area contributed by atoms with Crippen LogP contribution in [0.1, 0.15) is 11.1 Å². The Kier molecular flexibility index (Phi) is 4.14. The standard InChI is InChI=1S/C14H13FN2O4S/c1-9-3-5-12(7-10(9)2)22(20,21)16-11-4-6-13(15)14(8-11)17(18)19/h3-8,16H,1-2H3. The second-order valence-corrected chi connectivity index (χ2v) is 6.46. The quantitative estimate of drug-likeness (QED) is 0.691. The van der Waals surface area contributed by atoms with Crippen molar-refractivity contribution in [2.45, 2.75) is 18.7 Å². The van der Waals surface area contributed by atoms with E-state index in [-0.39, 0.29) is 10.6 Å². The molecule has 22 heavy (non-hydrogen) atoms. The molecule has 0 fully saturated rings. The molecule has 1 N–H and O–H groups in total. The van der Waals surface area contributed by atoms with Gasteiger partial charge in [-0.2, -0.15) is 4.39 Å². The van der Waals surface area contributed by atoms with Crippen LogP contribution in [0.5, 0.6) is 0 Å². The Balaban J connectivity index is 2.38. The monoisotopic (exact) mass is 324 g/mol. The molecular formula is C14H13FN2O4S. The predicted molar refractivity (Wildman–Crippen MR) is 79.8 cm³/mol. The molecule has 8 heteroatoms. The van der Waals surface area contributed by atoms with Crippen LogP contribution in [0.4, 0.5) is 15.8 Å². The summed E-state index contributed by atoms with van der Waals surface area (Å²) in [5, 5.41) is 10.7. The van der Waals surface area contributed by atoms with Crippen LogP contribution in [-0.4, -0.2) is 13.3 Å². The van der Waals surface area contributed by atoms with Gasteiger partial charge in [-0.05, 0) is 49.2 Å². The van der Waals surface area contributed by atoms with Crippen LogP contribution < -0.4 is 4.72 Å². The Labute approximate surface area is 126 Å². The van der Waals surface area contributed by atoms with Gasteiger partial charge in [0.05, 0.1) is 15.5 Å².